The van der Waals surface area contributed by atoms with Crippen molar-refractivity contribution in [1.82, 2.24) is 14.5 Å². The van der Waals surface area contributed by atoms with Gasteiger partial charge >= 0.3 is 5.69 Å². The van der Waals surface area contributed by atoms with E-state index in [9.17, 15) is 14.4 Å². The van der Waals surface area contributed by atoms with Crippen LogP contribution in [0.4, 0.5) is 0 Å². The molecule has 6 nitrogen and oxygen atoms in total. The van der Waals surface area contributed by atoms with Crippen LogP contribution in [0.25, 0.3) is 0 Å². The highest BCUT2D eigenvalue weighted by Crippen LogP contribution is 2.16. The van der Waals surface area contributed by atoms with Crippen LogP contribution in [0.5, 0.6) is 0 Å². The zero-order chi connectivity index (χ0) is 13.3. The van der Waals surface area contributed by atoms with E-state index < -0.39 is 17.3 Å². The summed E-state index contributed by atoms with van der Waals surface area (Å²) in [6, 6.07) is -0.499. The molecule has 2 aromatic rings. The molecule has 1 unspecified atom stereocenters. The van der Waals surface area contributed by atoms with Crippen LogP contribution in [0, 0.1) is 0 Å². The van der Waals surface area contributed by atoms with E-state index in [1.807, 2.05) is 0 Å². The minimum Gasteiger partial charge on any atom is -0.313 e. The first-order valence-corrected chi connectivity index (χ1v) is 6.15. The van der Waals surface area contributed by atoms with E-state index >= 15 is 0 Å². The Morgan fingerprint density at radius 3 is 2.78 bits per heavy atom. The molecule has 0 aromatic carbocycles. The van der Waals surface area contributed by atoms with Gasteiger partial charge in [0, 0.05) is 17.8 Å². The quantitative estimate of drug-likeness (QED) is 0.832. The minimum absolute atomic E-state index is 0.0296. The number of nitrogens with one attached hydrogen (secondary N) is 1. The molecule has 0 saturated heterocycles. The zero-order valence-corrected chi connectivity index (χ0v) is 10.7. The van der Waals surface area contributed by atoms with Crippen molar-refractivity contribution in [3.8, 4) is 0 Å². The average molecular weight is 265 g/mol. The minimum atomic E-state index is -0.589. The molecule has 2 heterocycles. The fourth-order valence-corrected chi connectivity index (χ4v) is 2.33. The number of nitrogens with zero attached hydrogens (tertiary/aromatic N) is 2. The molecule has 0 bridgehead atoms. The number of Topliss-reactive ketones (excluding diaryl/α,β-unsaturated/α-hetero) is 1. The fraction of sp³-hybridized carbons (Fsp3) is 0.273. The molecule has 0 amide bonds. The molecule has 0 aliphatic carbocycles. The number of aromatic nitrogens is 3. The van der Waals surface area contributed by atoms with Crippen molar-refractivity contribution in [1.29, 1.82) is 0 Å². The summed E-state index contributed by atoms with van der Waals surface area (Å²) in [5.41, 5.74) is -1.17. The molecule has 0 aliphatic heterocycles. The van der Waals surface area contributed by atoms with E-state index in [2.05, 4.69) is 9.97 Å². The summed E-state index contributed by atoms with van der Waals surface area (Å²) in [6.07, 6.45) is 2.75. The Kier molecular flexibility index (Phi) is 3.24. The summed E-state index contributed by atoms with van der Waals surface area (Å²) < 4.78 is 1.01. The molecule has 0 spiro atoms. The summed E-state index contributed by atoms with van der Waals surface area (Å²) in [4.78, 5) is 41.5. The van der Waals surface area contributed by atoms with E-state index in [4.69, 9.17) is 0 Å². The van der Waals surface area contributed by atoms with Crippen molar-refractivity contribution in [2.75, 3.05) is 0 Å². The maximum atomic E-state index is 12.1. The summed E-state index contributed by atoms with van der Waals surface area (Å²) in [6.45, 7) is 2.98. The van der Waals surface area contributed by atoms with Gasteiger partial charge in [-0.2, -0.15) is 0 Å². The third-order valence-corrected chi connectivity index (χ3v) is 3.53. The summed E-state index contributed by atoms with van der Waals surface area (Å²) in [7, 11) is 0. The van der Waals surface area contributed by atoms with Crippen LogP contribution in [-0.2, 0) is 0 Å². The first-order valence-electron chi connectivity index (χ1n) is 5.27. The van der Waals surface area contributed by atoms with Crippen LogP contribution in [0.2, 0.25) is 0 Å². The van der Waals surface area contributed by atoms with Gasteiger partial charge in [0.25, 0.3) is 5.56 Å². The standard InChI is InChI=1S/C11H11N3O3S/c1-6(9-12-3-4-18-9)14-10(16)8(7(2)15)5-13-11(14)17/h3-6H,1-2H3,(H,13,17). The molecule has 2 aromatic heterocycles. The lowest BCUT2D eigenvalue weighted by Crippen LogP contribution is -2.39. The number of hydrogen-bond donors (Lipinski definition) is 1. The van der Waals surface area contributed by atoms with E-state index in [1.54, 1.807) is 18.5 Å². The predicted molar refractivity (Wildman–Crippen MR) is 67.3 cm³/mol. The van der Waals surface area contributed by atoms with E-state index in [0.29, 0.717) is 5.01 Å². The maximum absolute atomic E-state index is 12.1. The first kappa shape index (κ1) is 12.4. The lowest BCUT2D eigenvalue weighted by Gasteiger charge is -2.11. The van der Waals surface area contributed by atoms with Gasteiger partial charge in [-0.05, 0) is 13.8 Å². The molecule has 2 rings (SSSR count). The number of thiazole rings is 1. The summed E-state index contributed by atoms with van der Waals surface area (Å²) in [5.74, 6) is -0.378. The molecular formula is C11H11N3O3S. The molecule has 0 fully saturated rings. The monoisotopic (exact) mass is 265 g/mol. The molecule has 0 radical (unpaired) electrons. The van der Waals surface area contributed by atoms with Gasteiger partial charge in [-0.1, -0.05) is 0 Å². The lowest BCUT2D eigenvalue weighted by molar-refractivity contribution is 0.101. The van der Waals surface area contributed by atoms with Gasteiger partial charge in [-0.25, -0.2) is 9.78 Å². The second-order valence-electron chi connectivity index (χ2n) is 3.79. The number of ketones is 1. The van der Waals surface area contributed by atoms with Gasteiger partial charge < -0.3 is 4.98 Å². The van der Waals surface area contributed by atoms with E-state index in [-0.39, 0.29) is 11.3 Å². The molecule has 0 aliphatic rings. The maximum Gasteiger partial charge on any atom is 0.329 e. The van der Waals surface area contributed by atoms with Gasteiger partial charge in [0.1, 0.15) is 5.01 Å². The Morgan fingerprint density at radius 1 is 1.50 bits per heavy atom. The number of carbonyl (C=O) groups excluding carboxylic acids is 1. The molecule has 1 N–H and O–H groups in total. The van der Waals surface area contributed by atoms with Crippen molar-refractivity contribution >= 4 is 17.1 Å². The van der Waals surface area contributed by atoms with Crippen molar-refractivity contribution in [3.63, 3.8) is 0 Å². The Bertz CT molecular complexity index is 684. The summed E-state index contributed by atoms with van der Waals surface area (Å²) >= 11 is 1.35. The number of H-pyrrole nitrogens is 1. The average Bonchev–Trinajstić information content (AvgIpc) is 2.81. The van der Waals surface area contributed by atoms with Crippen molar-refractivity contribution in [2.45, 2.75) is 19.9 Å². The van der Waals surface area contributed by atoms with Crippen molar-refractivity contribution in [2.24, 2.45) is 0 Å². The number of rotatable bonds is 3. The van der Waals surface area contributed by atoms with Gasteiger partial charge in [0.2, 0.25) is 0 Å². The second-order valence-corrected chi connectivity index (χ2v) is 4.71. The lowest BCUT2D eigenvalue weighted by atomic mass is 10.2. The molecule has 94 valence electrons. The third-order valence-electron chi connectivity index (χ3n) is 2.58. The normalized spacial score (nSPS) is 12.3. The number of aromatic amines is 1. The smallest absolute Gasteiger partial charge is 0.313 e. The van der Waals surface area contributed by atoms with Gasteiger partial charge in [-0.15, -0.1) is 11.3 Å². The highest BCUT2D eigenvalue weighted by Gasteiger charge is 2.18. The Hall–Kier alpha value is -2.02. The van der Waals surface area contributed by atoms with Crippen molar-refractivity contribution in [3.05, 3.63) is 49.2 Å². The topological polar surface area (TPSA) is 84.8 Å². The van der Waals surface area contributed by atoms with Crippen LogP contribution in [0.15, 0.2) is 27.4 Å². The van der Waals surface area contributed by atoms with E-state index in [0.717, 1.165) is 10.8 Å². The van der Waals surface area contributed by atoms with Crippen LogP contribution in [0.3, 0.4) is 0 Å². The highest BCUT2D eigenvalue weighted by molar-refractivity contribution is 7.09. The second kappa shape index (κ2) is 4.69. The third kappa shape index (κ3) is 2.04. The fourth-order valence-electron chi connectivity index (χ4n) is 1.64. The van der Waals surface area contributed by atoms with Crippen LogP contribution < -0.4 is 11.2 Å². The SMILES string of the molecule is CC(=O)c1c[nH]c(=O)n(C(C)c2nccs2)c1=O. The summed E-state index contributed by atoms with van der Waals surface area (Å²) in [5, 5.41) is 2.41. The molecule has 7 heteroatoms. The Balaban J connectivity index is 2.64. The predicted octanol–water partition coefficient (Wildman–Crippen LogP) is 0.805. The zero-order valence-electron chi connectivity index (χ0n) is 9.84. The molecule has 18 heavy (non-hydrogen) atoms. The van der Waals surface area contributed by atoms with Crippen LogP contribution in [-0.4, -0.2) is 20.3 Å². The Labute approximate surface area is 106 Å². The number of hydrogen-bond acceptors (Lipinski definition) is 5. The van der Waals surface area contributed by atoms with Gasteiger partial charge in [0.15, 0.2) is 5.78 Å². The highest BCUT2D eigenvalue weighted by atomic mass is 32.1. The molecule has 0 saturated carbocycles. The Morgan fingerprint density at radius 2 is 2.22 bits per heavy atom. The number of carbonyl (C=O) groups is 1. The van der Waals surface area contributed by atoms with Crippen LogP contribution >= 0.6 is 11.3 Å². The van der Waals surface area contributed by atoms with Gasteiger partial charge in [-0.3, -0.25) is 14.2 Å². The molecule has 1 atom stereocenters. The van der Waals surface area contributed by atoms with Crippen molar-refractivity contribution < 1.29 is 4.79 Å². The first-order chi connectivity index (χ1) is 8.52. The van der Waals surface area contributed by atoms with Crippen LogP contribution in [0.1, 0.15) is 35.3 Å². The van der Waals surface area contributed by atoms with Gasteiger partial charge in [0.05, 0.1) is 11.6 Å². The van der Waals surface area contributed by atoms with E-state index in [1.165, 1.54) is 18.3 Å². The molecular weight excluding hydrogens is 254 g/mol. The largest absolute Gasteiger partial charge is 0.329 e.